The van der Waals surface area contributed by atoms with Gasteiger partial charge in [0.2, 0.25) is 0 Å². The molecule has 0 radical (unpaired) electrons. The van der Waals surface area contributed by atoms with Gasteiger partial charge in [-0.25, -0.2) is 0 Å². The molecule has 0 atom stereocenters. The third-order valence-corrected chi connectivity index (χ3v) is 3.34. The van der Waals surface area contributed by atoms with Gasteiger partial charge in [-0.2, -0.15) is 8.42 Å². The van der Waals surface area contributed by atoms with E-state index in [-0.39, 0.29) is 10.3 Å². The van der Waals surface area contributed by atoms with Gasteiger partial charge in [-0.15, -0.1) is 0 Å². The van der Waals surface area contributed by atoms with Gasteiger partial charge in [-0.1, -0.05) is 39.0 Å². The van der Waals surface area contributed by atoms with E-state index in [1.54, 1.807) is 25.1 Å². The van der Waals surface area contributed by atoms with Crippen molar-refractivity contribution in [2.45, 2.75) is 38.0 Å². The molecule has 0 aromatic heterocycles. The first-order valence-electron chi connectivity index (χ1n) is 4.71. The van der Waals surface area contributed by atoms with Gasteiger partial charge in [0, 0.05) is 0 Å². The molecule has 0 aliphatic heterocycles. The van der Waals surface area contributed by atoms with Crippen LogP contribution in [0.3, 0.4) is 0 Å². The van der Waals surface area contributed by atoms with Crippen molar-refractivity contribution < 1.29 is 13.0 Å². The molecular formula is C11H16O3S. The highest BCUT2D eigenvalue weighted by atomic mass is 32.2. The number of aryl methyl sites for hydroxylation is 1. The average Bonchev–Trinajstić information content (AvgIpc) is 1.99. The second-order valence-corrected chi connectivity index (χ2v) is 6.04. The van der Waals surface area contributed by atoms with Gasteiger partial charge in [0.05, 0.1) is 0 Å². The van der Waals surface area contributed by atoms with E-state index in [0.717, 1.165) is 0 Å². The van der Waals surface area contributed by atoms with Crippen LogP contribution in [0.1, 0.15) is 31.9 Å². The zero-order valence-electron chi connectivity index (χ0n) is 9.40. The highest BCUT2D eigenvalue weighted by Crippen LogP contribution is 2.30. The highest BCUT2D eigenvalue weighted by Gasteiger charge is 2.25. The molecule has 0 heterocycles. The summed E-state index contributed by atoms with van der Waals surface area (Å²) in [5.41, 5.74) is 0.909. The predicted octanol–water partition coefficient (Wildman–Crippen LogP) is 2.54. The van der Waals surface area contributed by atoms with E-state index >= 15 is 0 Å². The van der Waals surface area contributed by atoms with Gasteiger partial charge in [-0.05, 0) is 23.5 Å². The maximum atomic E-state index is 11.3. The van der Waals surface area contributed by atoms with Crippen LogP contribution in [0.2, 0.25) is 0 Å². The van der Waals surface area contributed by atoms with Crippen molar-refractivity contribution in [2.75, 3.05) is 0 Å². The Bertz CT molecular complexity index is 467. The minimum absolute atomic E-state index is 0.0394. The zero-order valence-corrected chi connectivity index (χ0v) is 10.2. The summed E-state index contributed by atoms with van der Waals surface area (Å²) in [5.74, 6) is 0. The first-order valence-corrected chi connectivity index (χ1v) is 6.15. The van der Waals surface area contributed by atoms with Crippen LogP contribution in [-0.2, 0) is 15.5 Å². The Balaban J connectivity index is 3.63. The Hall–Kier alpha value is -0.870. The van der Waals surface area contributed by atoms with Crippen LogP contribution in [0.4, 0.5) is 0 Å². The molecule has 0 saturated heterocycles. The van der Waals surface area contributed by atoms with Crippen molar-refractivity contribution in [3.8, 4) is 0 Å². The van der Waals surface area contributed by atoms with Crippen LogP contribution in [-0.4, -0.2) is 13.0 Å². The molecule has 0 saturated carbocycles. The molecule has 0 aliphatic carbocycles. The summed E-state index contributed by atoms with van der Waals surface area (Å²) in [7, 11) is -4.15. The average molecular weight is 228 g/mol. The van der Waals surface area contributed by atoms with Gasteiger partial charge in [0.1, 0.15) is 4.90 Å². The summed E-state index contributed by atoms with van der Waals surface area (Å²) >= 11 is 0. The Morgan fingerprint density at radius 1 is 1.20 bits per heavy atom. The first-order chi connectivity index (χ1) is 6.64. The second-order valence-electron chi connectivity index (χ2n) is 4.68. The lowest BCUT2D eigenvalue weighted by molar-refractivity contribution is 0.475. The summed E-state index contributed by atoms with van der Waals surface area (Å²) in [4.78, 5) is 0.0394. The summed E-state index contributed by atoms with van der Waals surface area (Å²) in [6.07, 6.45) is 0. The van der Waals surface area contributed by atoms with Crippen molar-refractivity contribution >= 4 is 10.1 Å². The van der Waals surface area contributed by atoms with Crippen LogP contribution < -0.4 is 0 Å². The van der Waals surface area contributed by atoms with Crippen LogP contribution in [0.15, 0.2) is 23.1 Å². The molecule has 0 aliphatic rings. The molecule has 1 rings (SSSR count). The topological polar surface area (TPSA) is 54.4 Å². The first kappa shape index (κ1) is 12.2. The molecular weight excluding hydrogens is 212 g/mol. The molecule has 0 bridgehead atoms. The largest absolute Gasteiger partial charge is 0.295 e. The van der Waals surface area contributed by atoms with Crippen molar-refractivity contribution in [2.24, 2.45) is 0 Å². The Morgan fingerprint density at radius 2 is 1.73 bits per heavy atom. The third kappa shape index (κ3) is 2.58. The molecule has 1 aromatic carbocycles. The smallest absolute Gasteiger partial charge is 0.282 e. The summed E-state index contributed by atoms with van der Waals surface area (Å²) < 4.78 is 31.7. The van der Waals surface area contributed by atoms with Crippen LogP contribution in [0, 0.1) is 6.92 Å². The van der Waals surface area contributed by atoms with E-state index in [1.165, 1.54) is 0 Å². The van der Waals surface area contributed by atoms with Crippen molar-refractivity contribution in [1.29, 1.82) is 0 Å². The van der Waals surface area contributed by atoms with Gasteiger partial charge in [-0.3, -0.25) is 4.55 Å². The molecule has 3 nitrogen and oxygen atoms in total. The standard InChI is InChI=1S/C11H16O3S/c1-8-6-5-7-9(11(2,3)4)10(8)15(12,13)14/h5-7H,1-4H3,(H,12,13,14). The van der Waals surface area contributed by atoms with E-state index in [4.69, 9.17) is 0 Å². The normalized spacial score (nSPS) is 12.9. The maximum absolute atomic E-state index is 11.3. The van der Waals surface area contributed by atoms with Crippen LogP contribution in [0.25, 0.3) is 0 Å². The molecule has 84 valence electrons. The highest BCUT2D eigenvalue weighted by molar-refractivity contribution is 7.86. The molecule has 0 spiro atoms. The molecule has 1 aromatic rings. The second kappa shape index (κ2) is 3.61. The number of benzene rings is 1. The van der Waals surface area contributed by atoms with Gasteiger partial charge in [0.15, 0.2) is 0 Å². The molecule has 1 N–H and O–H groups in total. The van der Waals surface area contributed by atoms with Crippen molar-refractivity contribution in [1.82, 2.24) is 0 Å². The lowest BCUT2D eigenvalue weighted by Crippen LogP contribution is -2.17. The van der Waals surface area contributed by atoms with Crippen molar-refractivity contribution in [3.05, 3.63) is 29.3 Å². The van der Waals surface area contributed by atoms with Crippen LogP contribution in [0.5, 0.6) is 0 Å². The van der Waals surface area contributed by atoms with E-state index < -0.39 is 10.1 Å². The van der Waals surface area contributed by atoms with Gasteiger partial charge < -0.3 is 0 Å². The number of rotatable bonds is 1. The van der Waals surface area contributed by atoms with E-state index in [2.05, 4.69) is 0 Å². The Morgan fingerprint density at radius 3 is 2.07 bits per heavy atom. The van der Waals surface area contributed by atoms with E-state index in [1.807, 2.05) is 20.8 Å². The summed E-state index contributed by atoms with van der Waals surface area (Å²) in [5, 5.41) is 0. The fraction of sp³-hybridized carbons (Fsp3) is 0.455. The minimum atomic E-state index is -4.15. The fourth-order valence-corrected chi connectivity index (χ4v) is 2.71. The fourth-order valence-electron chi connectivity index (χ4n) is 1.59. The predicted molar refractivity (Wildman–Crippen MR) is 59.7 cm³/mol. The Labute approximate surface area is 90.9 Å². The molecule has 4 heteroatoms. The van der Waals surface area contributed by atoms with E-state index in [9.17, 15) is 13.0 Å². The van der Waals surface area contributed by atoms with E-state index in [0.29, 0.717) is 11.1 Å². The number of hydrogen-bond acceptors (Lipinski definition) is 2. The van der Waals surface area contributed by atoms with Gasteiger partial charge in [0.25, 0.3) is 10.1 Å². The monoisotopic (exact) mass is 228 g/mol. The Kier molecular flexibility index (Phi) is 2.94. The third-order valence-electron chi connectivity index (χ3n) is 2.28. The lowest BCUT2D eigenvalue weighted by Gasteiger charge is -2.22. The minimum Gasteiger partial charge on any atom is -0.282 e. The van der Waals surface area contributed by atoms with Gasteiger partial charge >= 0.3 is 0 Å². The molecule has 0 unspecified atom stereocenters. The molecule has 15 heavy (non-hydrogen) atoms. The quantitative estimate of drug-likeness (QED) is 0.751. The maximum Gasteiger partial charge on any atom is 0.295 e. The van der Waals surface area contributed by atoms with Crippen molar-refractivity contribution in [3.63, 3.8) is 0 Å². The van der Waals surface area contributed by atoms with Crippen LogP contribution >= 0.6 is 0 Å². The SMILES string of the molecule is Cc1cccc(C(C)(C)C)c1S(=O)(=O)O. The summed E-state index contributed by atoms with van der Waals surface area (Å²) in [6.45, 7) is 7.42. The zero-order chi connectivity index (χ0) is 11.9. The number of hydrogen-bond donors (Lipinski definition) is 1. The summed E-state index contributed by atoms with van der Waals surface area (Å²) in [6, 6.07) is 5.21. The molecule has 0 amide bonds. The lowest BCUT2D eigenvalue weighted by atomic mass is 9.86. The molecule has 0 fully saturated rings.